The van der Waals surface area contributed by atoms with Gasteiger partial charge in [0.05, 0.1) is 6.10 Å². The van der Waals surface area contributed by atoms with Crippen molar-refractivity contribution in [3.63, 3.8) is 0 Å². The van der Waals surface area contributed by atoms with Gasteiger partial charge in [0.1, 0.15) is 5.84 Å². The number of oxime groups is 1. The van der Waals surface area contributed by atoms with Crippen molar-refractivity contribution in [3.05, 3.63) is 0 Å². The van der Waals surface area contributed by atoms with Crippen LogP contribution in [0.5, 0.6) is 0 Å². The lowest BCUT2D eigenvalue weighted by Gasteiger charge is -2.22. The minimum Gasteiger partial charge on any atom is -0.409 e. The summed E-state index contributed by atoms with van der Waals surface area (Å²) in [5.41, 5.74) is 5.41. The number of rotatable bonds is 8. The van der Waals surface area contributed by atoms with Crippen LogP contribution < -0.4 is 11.1 Å². The lowest BCUT2D eigenvalue weighted by molar-refractivity contribution is 0.131. The number of hydrogen-bond acceptors (Lipinski definition) is 4. The van der Waals surface area contributed by atoms with Crippen LogP contribution in [0.4, 0.5) is 0 Å². The van der Waals surface area contributed by atoms with E-state index in [0.29, 0.717) is 11.8 Å². The largest absolute Gasteiger partial charge is 0.409 e. The van der Waals surface area contributed by atoms with Crippen LogP contribution in [0.3, 0.4) is 0 Å². The van der Waals surface area contributed by atoms with Crippen LogP contribution in [-0.2, 0) is 0 Å². The zero-order valence-electron chi connectivity index (χ0n) is 12.2. The summed E-state index contributed by atoms with van der Waals surface area (Å²) in [5, 5.41) is 24.9. The van der Waals surface area contributed by atoms with Gasteiger partial charge >= 0.3 is 0 Å². The fourth-order valence-electron chi connectivity index (χ4n) is 2.62. The maximum Gasteiger partial charge on any atom is 0.144 e. The number of nitrogens with two attached hydrogens (primary N) is 1. The van der Waals surface area contributed by atoms with Gasteiger partial charge < -0.3 is 21.4 Å². The Labute approximate surface area is 116 Å². The molecule has 5 heteroatoms. The monoisotopic (exact) mass is 271 g/mol. The van der Waals surface area contributed by atoms with Crippen molar-refractivity contribution < 1.29 is 10.3 Å². The Morgan fingerprint density at radius 1 is 1.37 bits per heavy atom. The Morgan fingerprint density at radius 3 is 2.68 bits per heavy atom. The van der Waals surface area contributed by atoms with Crippen LogP contribution in [0.25, 0.3) is 0 Å². The zero-order chi connectivity index (χ0) is 14.3. The molecule has 0 bridgehead atoms. The predicted molar refractivity (Wildman–Crippen MR) is 77.3 cm³/mol. The van der Waals surface area contributed by atoms with Gasteiger partial charge in [0.25, 0.3) is 0 Å². The highest BCUT2D eigenvalue weighted by molar-refractivity contribution is 5.85. The lowest BCUT2D eigenvalue weighted by atomic mass is 9.86. The molecule has 1 saturated carbocycles. The Bertz CT molecular complexity index is 292. The molecule has 0 radical (unpaired) electrons. The van der Waals surface area contributed by atoms with Crippen molar-refractivity contribution in [3.8, 4) is 0 Å². The first-order valence-corrected chi connectivity index (χ1v) is 7.34. The van der Waals surface area contributed by atoms with Gasteiger partial charge in [0.2, 0.25) is 0 Å². The van der Waals surface area contributed by atoms with Gasteiger partial charge in [-0.25, -0.2) is 0 Å². The van der Waals surface area contributed by atoms with E-state index in [1.165, 1.54) is 0 Å². The predicted octanol–water partition coefficient (Wildman–Crippen LogP) is 1.68. The normalized spacial score (nSPS) is 24.9. The first-order chi connectivity index (χ1) is 8.97. The maximum absolute atomic E-state index is 9.70. The molecule has 5 N–H and O–H groups in total. The minimum atomic E-state index is -0.240. The van der Waals surface area contributed by atoms with E-state index in [9.17, 15) is 5.11 Å². The molecule has 1 rings (SSSR count). The molecule has 0 aromatic rings. The van der Waals surface area contributed by atoms with Crippen LogP contribution in [0.1, 0.15) is 52.4 Å². The molecule has 2 unspecified atom stereocenters. The van der Waals surface area contributed by atoms with Crippen LogP contribution in [0, 0.1) is 11.3 Å². The topological polar surface area (TPSA) is 90.9 Å². The van der Waals surface area contributed by atoms with Crippen molar-refractivity contribution in [2.24, 2.45) is 22.2 Å². The summed E-state index contributed by atoms with van der Waals surface area (Å²) in [5.74, 6) is 0.739. The first kappa shape index (κ1) is 16.2. The highest BCUT2D eigenvalue weighted by Gasteiger charge is 2.24. The summed E-state index contributed by atoms with van der Waals surface area (Å²) in [6.45, 7) is 5.87. The summed E-state index contributed by atoms with van der Waals surface area (Å²) >= 11 is 0. The van der Waals surface area contributed by atoms with Crippen molar-refractivity contribution in [2.45, 2.75) is 58.5 Å². The van der Waals surface area contributed by atoms with Crippen LogP contribution >= 0.6 is 0 Å². The molecule has 2 atom stereocenters. The zero-order valence-corrected chi connectivity index (χ0v) is 12.2. The number of nitrogens with zero attached hydrogens (tertiary/aromatic N) is 1. The van der Waals surface area contributed by atoms with Gasteiger partial charge in [-0.2, -0.15) is 0 Å². The third kappa shape index (κ3) is 5.37. The van der Waals surface area contributed by atoms with Crippen molar-refractivity contribution in [2.75, 3.05) is 13.1 Å². The Kier molecular flexibility index (Phi) is 6.58. The van der Waals surface area contributed by atoms with Gasteiger partial charge in [-0.3, -0.25) is 0 Å². The highest BCUT2D eigenvalue weighted by Crippen LogP contribution is 2.25. The van der Waals surface area contributed by atoms with Gasteiger partial charge in [0, 0.05) is 12.0 Å². The summed E-state index contributed by atoms with van der Waals surface area (Å²) in [6, 6.07) is 0. The van der Waals surface area contributed by atoms with Crippen molar-refractivity contribution in [1.29, 1.82) is 0 Å². The SMILES string of the molecule is CC(C)(CCCCNCC1CCCC1O)C(N)=NO. The molecule has 0 heterocycles. The van der Waals surface area contributed by atoms with E-state index >= 15 is 0 Å². The number of nitrogens with one attached hydrogen (secondary N) is 1. The average Bonchev–Trinajstić information content (AvgIpc) is 2.78. The minimum absolute atomic E-state index is 0.105. The Balaban J connectivity index is 2.05. The second-order valence-corrected chi connectivity index (χ2v) is 6.29. The van der Waals surface area contributed by atoms with Gasteiger partial charge in [0.15, 0.2) is 0 Å². The molecular formula is C14H29N3O2. The van der Waals surface area contributed by atoms with Gasteiger partial charge in [-0.05, 0) is 38.1 Å². The number of unbranched alkanes of at least 4 members (excludes halogenated alkanes) is 1. The molecule has 5 nitrogen and oxygen atoms in total. The van der Waals surface area contributed by atoms with Crippen molar-refractivity contribution in [1.82, 2.24) is 5.32 Å². The van der Waals surface area contributed by atoms with Crippen molar-refractivity contribution >= 4 is 5.84 Å². The van der Waals surface area contributed by atoms with Crippen LogP contribution in [0.2, 0.25) is 0 Å². The smallest absolute Gasteiger partial charge is 0.144 e. The molecule has 0 amide bonds. The second kappa shape index (κ2) is 7.70. The quantitative estimate of drug-likeness (QED) is 0.178. The van der Waals surface area contributed by atoms with E-state index in [1.54, 1.807) is 0 Å². The fraction of sp³-hybridized carbons (Fsp3) is 0.929. The van der Waals surface area contributed by atoms with E-state index in [4.69, 9.17) is 10.9 Å². The number of aliphatic hydroxyl groups excluding tert-OH is 1. The van der Waals surface area contributed by atoms with E-state index in [0.717, 1.165) is 51.6 Å². The van der Waals surface area contributed by atoms with Crippen LogP contribution in [0.15, 0.2) is 5.16 Å². The lowest BCUT2D eigenvalue weighted by Crippen LogP contribution is -2.32. The van der Waals surface area contributed by atoms with Gasteiger partial charge in [-0.1, -0.05) is 31.8 Å². The summed E-state index contributed by atoms with van der Waals surface area (Å²) in [6.07, 6.45) is 6.18. The fourth-order valence-corrected chi connectivity index (χ4v) is 2.62. The first-order valence-electron chi connectivity index (χ1n) is 7.34. The molecule has 112 valence electrons. The van der Waals surface area contributed by atoms with Gasteiger partial charge in [-0.15, -0.1) is 0 Å². The van der Waals surface area contributed by atoms with E-state index < -0.39 is 0 Å². The highest BCUT2D eigenvalue weighted by atomic mass is 16.4. The number of aliphatic hydroxyl groups is 1. The Hall–Kier alpha value is -0.810. The maximum atomic E-state index is 9.70. The summed E-state index contributed by atoms with van der Waals surface area (Å²) in [4.78, 5) is 0. The van der Waals surface area contributed by atoms with E-state index in [2.05, 4.69) is 10.5 Å². The standard InChI is InChI=1S/C14H29N3O2/c1-14(2,13(15)17-19)8-3-4-9-16-10-11-6-5-7-12(11)18/h11-12,16,18-19H,3-10H2,1-2H3,(H2,15,17). The molecular weight excluding hydrogens is 242 g/mol. The van der Waals surface area contributed by atoms with E-state index in [-0.39, 0.29) is 11.5 Å². The number of amidine groups is 1. The molecule has 0 spiro atoms. The molecule has 1 aliphatic rings. The molecule has 0 aromatic heterocycles. The summed E-state index contributed by atoms with van der Waals surface area (Å²) < 4.78 is 0. The molecule has 1 fully saturated rings. The molecule has 0 aromatic carbocycles. The third-order valence-corrected chi connectivity index (χ3v) is 4.23. The third-order valence-electron chi connectivity index (χ3n) is 4.23. The molecule has 1 aliphatic carbocycles. The molecule has 0 saturated heterocycles. The Morgan fingerprint density at radius 2 is 2.11 bits per heavy atom. The summed E-state index contributed by atoms with van der Waals surface area (Å²) in [7, 11) is 0. The number of hydrogen-bond donors (Lipinski definition) is 4. The molecule has 19 heavy (non-hydrogen) atoms. The van der Waals surface area contributed by atoms with E-state index in [1.807, 2.05) is 13.8 Å². The van der Waals surface area contributed by atoms with Crippen LogP contribution in [-0.4, -0.2) is 35.3 Å². The second-order valence-electron chi connectivity index (χ2n) is 6.29. The molecule has 0 aliphatic heterocycles. The average molecular weight is 271 g/mol.